The molecule has 1 saturated heterocycles. The van der Waals surface area contributed by atoms with Gasteiger partial charge in [0.1, 0.15) is 12.4 Å². The number of anilines is 1. The molecule has 8 nitrogen and oxygen atoms in total. The van der Waals surface area contributed by atoms with Crippen LogP contribution in [0.3, 0.4) is 0 Å². The molecule has 2 heterocycles. The Balaban J connectivity index is 1.55. The van der Waals surface area contributed by atoms with Gasteiger partial charge in [-0.2, -0.15) is 0 Å². The zero-order chi connectivity index (χ0) is 35.0. The number of aromatic nitrogens is 1. The van der Waals surface area contributed by atoms with Crippen molar-refractivity contribution in [3.63, 3.8) is 0 Å². The minimum absolute atomic E-state index is 0.0531. The maximum absolute atomic E-state index is 14.3. The van der Waals surface area contributed by atoms with Crippen LogP contribution in [0, 0.1) is 5.82 Å². The third-order valence-corrected chi connectivity index (χ3v) is 8.40. The van der Waals surface area contributed by atoms with Crippen LogP contribution < -0.4 is 5.32 Å². The van der Waals surface area contributed by atoms with E-state index in [1.807, 2.05) is 74.5 Å². The molecule has 1 aliphatic rings. The number of para-hydroxylation sites is 1. The number of esters is 1. The fourth-order valence-corrected chi connectivity index (χ4v) is 6.53. The number of halogens is 1. The number of nitrogens with zero attached hydrogens (tertiary/aromatic N) is 1. The molecule has 0 unspecified atom stereocenters. The van der Waals surface area contributed by atoms with Crippen molar-refractivity contribution < 1.29 is 33.3 Å². The number of aliphatic hydroxyl groups excluding tert-OH is 1. The Labute approximate surface area is 287 Å². The van der Waals surface area contributed by atoms with Crippen LogP contribution in [-0.4, -0.2) is 52.8 Å². The number of amides is 1. The normalized spacial score (nSPS) is 17.4. The largest absolute Gasteiger partial charge is 0.461 e. The molecular formula is C40H45FN2O6. The summed E-state index contributed by atoms with van der Waals surface area (Å²) in [6.45, 7) is 8.25. The van der Waals surface area contributed by atoms with Gasteiger partial charge >= 0.3 is 5.97 Å². The van der Waals surface area contributed by atoms with E-state index in [0.717, 1.165) is 28.1 Å². The van der Waals surface area contributed by atoms with E-state index in [4.69, 9.17) is 19.3 Å². The number of rotatable bonds is 13. The number of nitrogens with one attached hydrogen (secondary N) is 1. The monoisotopic (exact) mass is 668 g/mol. The van der Waals surface area contributed by atoms with E-state index in [0.29, 0.717) is 30.6 Å². The van der Waals surface area contributed by atoms with Crippen molar-refractivity contribution in [3.8, 4) is 22.4 Å². The van der Waals surface area contributed by atoms with E-state index in [9.17, 15) is 14.0 Å². The van der Waals surface area contributed by atoms with E-state index in [2.05, 4.69) is 23.7 Å². The predicted molar refractivity (Wildman–Crippen MR) is 189 cm³/mol. The number of benzene rings is 3. The Morgan fingerprint density at radius 3 is 2.27 bits per heavy atom. The summed E-state index contributed by atoms with van der Waals surface area (Å²) in [6.07, 6.45) is 3.54. The van der Waals surface area contributed by atoms with Crippen LogP contribution in [0.15, 0.2) is 97.1 Å². The van der Waals surface area contributed by atoms with Gasteiger partial charge in [-0.05, 0) is 79.8 Å². The second-order valence-electron chi connectivity index (χ2n) is 12.9. The Kier molecular flexibility index (Phi) is 11.8. The van der Waals surface area contributed by atoms with Crippen molar-refractivity contribution in [2.24, 2.45) is 0 Å². The summed E-state index contributed by atoms with van der Waals surface area (Å²) >= 11 is 0. The van der Waals surface area contributed by atoms with Gasteiger partial charge in [0, 0.05) is 29.9 Å². The van der Waals surface area contributed by atoms with Gasteiger partial charge in [-0.25, -0.2) is 4.39 Å². The molecule has 49 heavy (non-hydrogen) atoms. The molecule has 258 valence electrons. The molecule has 1 amide bonds. The first-order chi connectivity index (χ1) is 23.6. The van der Waals surface area contributed by atoms with Crippen LogP contribution >= 0.6 is 0 Å². The average molecular weight is 669 g/mol. The molecule has 0 saturated carbocycles. The van der Waals surface area contributed by atoms with E-state index < -0.39 is 17.9 Å². The Morgan fingerprint density at radius 2 is 1.61 bits per heavy atom. The van der Waals surface area contributed by atoms with Crippen LogP contribution in [0.25, 0.3) is 22.4 Å². The first-order valence-corrected chi connectivity index (χ1v) is 16.8. The zero-order valence-electron chi connectivity index (χ0n) is 28.5. The molecular weight excluding hydrogens is 623 g/mol. The molecule has 0 radical (unpaired) electrons. The Bertz CT molecular complexity index is 1730. The second kappa shape index (κ2) is 16.2. The highest BCUT2D eigenvalue weighted by Gasteiger charge is 2.37. The van der Waals surface area contributed by atoms with Crippen molar-refractivity contribution in [3.05, 3.63) is 114 Å². The number of aliphatic hydroxyl groups is 1. The number of carbonyl (C=O) groups excluding carboxylic acids is 2. The summed E-state index contributed by atoms with van der Waals surface area (Å²) in [7, 11) is 0. The number of carbonyl (C=O) groups is 2. The van der Waals surface area contributed by atoms with Gasteiger partial charge in [-0.15, -0.1) is 0 Å². The SMILES string of the molecule is CC(C)c1c(C(=O)Nc2ccccc2)c(-c2ccccc2)c(-c2ccc(F)cc2)n1CC[C@@H]1C[C@H](CC(=O)OCC=CCO)OC(C)(C)O1. The molecule has 3 aromatic carbocycles. The van der Waals surface area contributed by atoms with Crippen LogP contribution in [-0.2, 0) is 25.5 Å². The van der Waals surface area contributed by atoms with Crippen LogP contribution in [0.2, 0.25) is 0 Å². The fraction of sp³-hybridized carbons (Fsp3) is 0.350. The van der Waals surface area contributed by atoms with Gasteiger partial charge in [-0.3, -0.25) is 9.59 Å². The molecule has 1 aliphatic heterocycles. The molecule has 5 rings (SSSR count). The zero-order valence-corrected chi connectivity index (χ0v) is 28.5. The number of hydrogen-bond donors (Lipinski definition) is 2. The lowest BCUT2D eigenvalue weighted by atomic mass is 9.94. The first-order valence-electron chi connectivity index (χ1n) is 16.8. The summed E-state index contributed by atoms with van der Waals surface area (Å²) in [4.78, 5) is 26.9. The van der Waals surface area contributed by atoms with E-state index >= 15 is 0 Å². The van der Waals surface area contributed by atoms with Gasteiger partial charge in [-0.1, -0.05) is 68.5 Å². The highest BCUT2D eigenvalue weighted by Crippen LogP contribution is 2.43. The highest BCUT2D eigenvalue weighted by atomic mass is 19.1. The number of hydrogen-bond acceptors (Lipinski definition) is 6. The Hall–Kier alpha value is -4.57. The fourth-order valence-electron chi connectivity index (χ4n) is 6.53. The van der Waals surface area contributed by atoms with E-state index in [1.54, 1.807) is 18.2 Å². The van der Waals surface area contributed by atoms with Crippen molar-refractivity contribution in [2.45, 2.75) is 77.4 Å². The molecule has 2 N–H and O–H groups in total. The summed E-state index contributed by atoms with van der Waals surface area (Å²) < 4.78 is 34.2. The van der Waals surface area contributed by atoms with Crippen LogP contribution in [0.5, 0.6) is 0 Å². The topological polar surface area (TPSA) is 99.0 Å². The van der Waals surface area contributed by atoms with Crippen molar-refractivity contribution in [1.29, 1.82) is 0 Å². The lowest BCUT2D eigenvalue weighted by Gasteiger charge is -2.40. The second-order valence-corrected chi connectivity index (χ2v) is 12.9. The maximum atomic E-state index is 14.3. The smallest absolute Gasteiger partial charge is 0.308 e. The highest BCUT2D eigenvalue weighted by molar-refractivity contribution is 6.12. The summed E-state index contributed by atoms with van der Waals surface area (Å²) in [5.74, 6) is -1.95. The Morgan fingerprint density at radius 1 is 0.959 bits per heavy atom. The molecule has 0 aliphatic carbocycles. The van der Waals surface area contributed by atoms with Gasteiger partial charge in [0.15, 0.2) is 5.79 Å². The van der Waals surface area contributed by atoms with E-state index in [-0.39, 0.29) is 43.4 Å². The van der Waals surface area contributed by atoms with Crippen molar-refractivity contribution >= 4 is 17.6 Å². The van der Waals surface area contributed by atoms with Gasteiger partial charge in [0.25, 0.3) is 5.91 Å². The molecule has 1 fully saturated rings. The third kappa shape index (κ3) is 9.12. The molecule has 1 aromatic heterocycles. The van der Waals surface area contributed by atoms with Gasteiger partial charge in [0.2, 0.25) is 0 Å². The summed E-state index contributed by atoms with van der Waals surface area (Å²) in [5.41, 5.74) is 5.34. The quantitative estimate of drug-likeness (QED) is 0.110. The molecule has 4 aromatic rings. The molecule has 2 atom stereocenters. The molecule has 9 heteroatoms. The average Bonchev–Trinajstić information content (AvgIpc) is 3.42. The lowest BCUT2D eigenvalue weighted by molar-refractivity contribution is -0.300. The van der Waals surface area contributed by atoms with Crippen LogP contribution in [0.1, 0.15) is 68.9 Å². The molecule has 0 spiro atoms. The van der Waals surface area contributed by atoms with Gasteiger partial charge < -0.3 is 29.2 Å². The third-order valence-electron chi connectivity index (χ3n) is 8.40. The molecule has 0 bridgehead atoms. The minimum Gasteiger partial charge on any atom is -0.461 e. The number of ether oxygens (including phenoxy) is 3. The standard InChI is InChI=1S/C40H45FN2O6/c1-27(2)37-36(39(46)42-31-15-9-6-10-16-31)35(28-13-7-5-8-14-28)38(29-17-19-30(41)20-18-29)43(37)22-21-32-25-33(49-40(3,4)48-32)26-34(45)47-24-12-11-23-44/h5-20,27,32-33,44H,21-26H2,1-4H3,(H,42,46)/t32-,33-/m1/s1. The summed E-state index contributed by atoms with van der Waals surface area (Å²) in [5, 5.41) is 12.0. The van der Waals surface area contributed by atoms with Crippen molar-refractivity contribution in [2.75, 3.05) is 18.5 Å². The predicted octanol–water partition coefficient (Wildman–Crippen LogP) is 8.12. The maximum Gasteiger partial charge on any atom is 0.308 e. The summed E-state index contributed by atoms with van der Waals surface area (Å²) in [6, 6.07) is 25.6. The van der Waals surface area contributed by atoms with Crippen LogP contribution in [0.4, 0.5) is 10.1 Å². The lowest BCUT2D eigenvalue weighted by Crippen LogP contribution is -2.45. The van der Waals surface area contributed by atoms with Crippen molar-refractivity contribution in [1.82, 2.24) is 4.57 Å². The minimum atomic E-state index is -0.933. The first kappa shape index (κ1) is 35.7. The van der Waals surface area contributed by atoms with Gasteiger partial charge in [0.05, 0.1) is 36.5 Å². The van der Waals surface area contributed by atoms with E-state index in [1.165, 1.54) is 18.2 Å².